The van der Waals surface area contributed by atoms with Crippen molar-refractivity contribution in [3.8, 4) is 5.75 Å². The van der Waals surface area contributed by atoms with Crippen LogP contribution in [0.4, 0.5) is 5.69 Å². The van der Waals surface area contributed by atoms with Gasteiger partial charge in [0.15, 0.2) is 6.10 Å². The van der Waals surface area contributed by atoms with Crippen LogP contribution in [0.1, 0.15) is 37.4 Å². The van der Waals surface area contributed by atoms with Crippen LogP contribution < -0.4 is 10.1 Å². The third-order valence-corrected chi connectivity index (χ3v) is 4.38. The van der Waals surface area contributed by atoms with E-state index in [0.29, 0.717) is 22.0 Å². The Labute approximate surface area is 145 Å². The Morgan fingerprint density at radius 2 is 2.21 bits per heavy atom. The molecule has 7 heteroatoms. The Balaban J connectivity index is 1.64. The first-order valence-corrected chi connectivity index (χ1v) is 8.34. The number of hydrogen-bond acceptors (Lipinski definition) is 4. The van der Waals surface area contributed by atoms with Crippen LogP contribution in [0.15, 0.2) is 30.6 Å². The number of amides is 1. The molecular weight excluding hydrogens is 330 g/mol. The lowest BCUT2D eigenvalue weighted by Gasteiger charge is -2.15. The molecule has 0 radical (unpaired) electrons. The summed E-state index contributed by atoms with van der Waals surface area (Å²) >= 11 is 6.24. The highest BCUT2D eigenvalue weighted by molar-refractivity contribution is 6.32. The lowest BCUT2D eigenvalue weighted by Crippen LogP contribution is -2.20. The highest BCUT2D eigenvalue weighted by Gasteiger charge is 2.20. The first kappa shape index (κ1) is 16.8. The number of halogens is 1. The van der Waals surface area contributed by atoms with Gasteiger partial charge in [0.2, 0.25) is 0 Å². The van der Waals surface area contributed by atoms with E-state index in [2.05, 4.69) is 10.4 Å². The van der Waals surface area contributed by atoms with E-state index in [-0.39, 0.29) is 6.10 Å². The van der Waals surface area contributed by atoms with E-state index in [1.165, 1.54) is 23.7 Å². The van der Waals surface area contributed by atoms with Gasteiger partial charge in [0, 0.05) is 24.5 Å². The number of aromatic nitrogens is 2. The monoisotopic (exact) mass is 349 g/mol. The summed E-state index contributed by atoms with van der Waals surface area (Å²) < 4.78 is 7.41. The third-order valence-electron chi connectivity index (χ3n) is 4.08. The van der Waals surface area contributed by atoms with Gasteiger partial charge in [-0.1, -0.05) is 11.6 Å². The zero-order chi connectivity index (χ0) is 17.1. The third kappa shape index (κ3) is 3.88. The maximum absolute atomic E-state index is 12.1. The minimum Gasteiger partial charge on any atom is -0.489 e. The van der Waals surface area contributed by atoms with Crippen molar-refractivity contribution in [1.29, 1.82) is 0 Å². The molecule has 1 aliphatic carbocycles. The lowest BCUT2D eigenvalue weighted by molar-refractivity contribution is -0.124. The molecule has 0 unspecified atom stereocenters. The van der Waals surface area contributed by atoms with Gasteiger partial charge in [0.25, 0.3) is 5.91 Å². The standard InChI is InChI=1S/C17H20ClN3O3/c1-21-10-11(9-19-21)16(22)17(23)20-12-6-7-15(14(18)8-12)24-13-4-2-3-5-13/h6-10,13,16,22H,2-5H2,1H3,(H,20,23)/t16-/m1/s1. The zero-order valence-corrected chi connectivity index (χ0v) is 14.2. The van der Waals surface area contributed by atoms with Crippen LogP contribution in [0.25, 0.3) is 0 Å². The number of hydrogen-bond donors (Lipinski definition) is 2. The molecule has 1 atom stereocenters. The number of ether oxygens (including phenoxy) is 1. The van der Waals surface area contributed by atoms with E-state index in [9.17, 15) is 9.90 Å². The fourth-order valence-electron chi connectivity index (χ4n) is 2.80. The molecule has 128 valence electrons. The topological polar surface area (TPSA) is 76.4 Å². The summed E-state index contributed by atoms with van der Waals surface area (Å²) in [6.45, 7) is 0. The van der Waals surface area contributed by atoms with Crippen LogP contribution in [0.2, 0.25) is 5.02 Å². The summed E-state index contributed by atoms with van der Waals surface area (Å²) in [7, 11) is 1.72. The van der Waals surface area contributed by atoms with Gasteiger partial charge in [-0.25, -0.2) is 0 Å². The fraction of sp³-hybridized carbons (Fsp3) is 0.412. The predicted molar refractivity (Wildman–Crippen MR) is 91.1 cm³/mol. The second-order valence-corrected chi connectivity index (χ2v) is 6.42. The Morgan fingerprint density at radius 1 is 1.46 bits per heavy atom. The van der Waals surface area contributed by atoms with Crippen molar-refractivity contribution in [3.05, 3.63) is 41.2 Å². The molecule has 0 saturated heterocycles. The quantitative estimate of drug-likeness (QED) is 0.869. The van der Waals surface area contributed by atoms with E-state index in [1.807, 2.05) is 0 Å². The van der Waals surface area contributed by atoms with E-state index in [0.717, 1.165) is 12.8 Å². The number of carbonyl (C=O) groups excluding carboxylic acids is 1. The molecule has 3 rings (SSSR count). The second-order valence-electron chi connectivity index (χ2n) is 6.01. The number of anilines is 1. The van der Waals surface area contributed by atoms with Crippen molar-refractivity contribution in [2.75, 3.05) is 5.32 Å². The number of rotatable bonds is 5. The highest BCUT2D eigenvalue weighted by Crippen LogP contribution is 2.32. The largest absolute Gasteiger partial charge is 0.489 e. The van der Waals surface area contributed by atoms with Gasteiger partial charge in [0.05, 0.1) is 17.3 Å². The van der Waals surface area contributed by atoms with Crippen LogP contribution >= 0.6 is 11.6 Å². The fourth-order valence-corrected chi connectivity index (χ4v) is 3.03. The lowest BCUT2D eigenvalue weighted by atomic mass is 10.2. The maximum Gasteiger partial charge on any atom is 0.257 e. The molecule has 0 aliphatic heterocycles. The van der Waals surface area contributed by atoms with Gasteiger partial charge >= 0.3 is 0 Å². The van der Waals surface area contributed by atoms with Crippen LogP contribution in [0.3, 0.4) is 0 Å². The molecule has 1 aromatic heterocycles. The smallest absolute Gasteiger partial charge is 0.257 e. The van der Waals surface area contributed by atoms with Gasteiger partial charge in [-0.15, -0.1) is 0 Å². The summed E-state index contributed by atoms with van der Waals surface area (Å²) in [6.07, 6.45) is 6.44. The van der Waals surface area contributed by atoms with Gasteiger partial charge in [0.1, 0.15) is 5.75 Å². The molecule has 1 saturated carbocycles. The summed E-state index contributed by atoms with van der Waals surface area (Å²) in [6, 6.07) is 5.08. The second kappa shape index (κ2) is 7.23. The average Bonchev–Trinajstić information content (AvgIpc) is 3.21. The molecule has 2 aromatic rings. The molecule has 2 N–H and O–H groups in total. The van der Waals surface area contributed by atoms with Crippen molar-refractivity contribution >= 4 is 23.2 Å². The normalized spacial score (nSPS) is 16.1. The average molecular weight is 350 g/mol. The number of aliphatic hydroxyl groups excluding tert-OH is 1. The SMILES string of the molecule is Cn1cc([C@@H](O)C(=O)Nc2ccc(OC3CCCC3)c(Cl)c2)cn1. The summed E-state index contributed by atoms with van der Waals surface area (Å²) in [5.74, 6) is 0.0814. The molecule has 24 heavy (non-hydrogen) atoms. The molecule has 1 aliphatic rings. The van der Waals surface area contributed by atoms with E-state index in [1.54, 1.807) is 31.4 Å². The predicted octanol–water partition coefficient (Wildman–Crippen LogP) is 3.07. The number of aliphatic hydroxyl groups is 1. The number of nitrogens with zero attached hydrogens (tertiary/aromatic N) is 2. The Morgan fingerprint density at radius 3 is 2.83 bits per heavy atom. The highest BCUT2D eigenvalue weighted by atomic mass is 35.5. The number of carbonyl (C=O) groups is 1. The molecule has 0 bridgehead atoms. The van der Waals surface area contributed by atoms with Gasteiger partial charge in [-0.05, 0) is 43.9 Å². The Hall–Kier alpha value is -2.05. The van der Waals surface area contributed by atoms with Crippen LogP contribution in [-0.2, 0) is 11.8 Å². The minimum atomic E-state index is -1.29. The van der Waals surface area contributed by atoms with Crippen molar-refractivity contribution in [2.45, 2.75) is 37.9 Å². The molecule has 1 amide bonds. The molecule has 1 fully saturated rings. The van der Waals surface area contributed by atoms with Crippen molar-refractivity contribution in [1.82, 2.24) is 9.78 Å². The van der Waals surface area contributed by atoms with Crippen LogP contribution in [-0.4, -0.2) is 26.9 Å². The van der Waals surface area contributed by atoms with E-state index < -0.39 is 12.0 Å². The first-order valence-electron chi connectivity index (χ1n) is 7.96. The van der Waals surface area contributed by atoms with Crippen molar-refractivity contribution in [3.63, 3.8) is 0 Å². The van der Waals surface area contributed by atoms with Crippen LogP contribution in [0.5, 0.6) is 5.75 Å². The Bertz CT molecular complexity index is 726. The Kier molecular flexibility index (Phi) is 5.06. The molecule has 1 aromatic carbocycles. The first-order chi connectivity index (χ1) is 11.5. The van der Waals surface area contributed by atoms with E-state index >= 15 is 0 Å². The van der Waals surface area contributed by atoms with Gasteiger partial charge in [-0.3, -0.25) is 9.48 Å². The maximum atomic E-state index is 12.1. The molecule has 0 spiro atoms. The summed E-state index contributed by atoms with van der Waals surface area (Å²) in [4.78, 5) is 12.1. The number of nitrogens with one attached hydrogen (secondary N) is 1. The van der Waals surface area contributed by atoms with Crippen LogP contribution in [0, 0.1) is 0 Å². The summed E-state index contributed by atoms with van der Waals surface area (Å²) in [5.41, 5.74) is 0.939. The van der Waals surface area contributed by atoms with Crippen molar-refractivity contribution in [2.24, 2.45) is 7.05 Å². The number of benzene rings is 1. The molecule has 1 heterocycles. The number of aryl methyl sites for hydroxylation is 1. The minimum absolute atomic E-state index is 0.218. The summed E-state index contributed by atoms with van der Waals surface area (Å²) in [5, 5.41) is 17.1. The van der Waals surface area contributed by atoms with Crippen molar-refractivity contribution < 1.29 is 14.6 Å². The zero-order valence-electron chi connectivity index (χ0n) is 13.4. The van der Waals surface area contributed by atoms with Gasteiger partial charge < -0.3 is 15.2 Å². The molecular formula is C17H20ClN3O3. The van der Waals surface area contributed by atoms with Gasteiger partial charge in [-0.2, -0.15) is 5.10 Å². The van der Waals surface area contributed by atoms with E-state index in [4.69, 9.17) is 16.3 Å². The molecule has 6 nitrogen and oxygen atoms in total.